The number of carbonyl (C=O) groups excluding carboxylic acids is 1. The highest BCUT2D eigenvalue weighted by atomic mass is 79.9. The predicted octanol–water partition coefficient (Wildman–Crippen LogP) is 3.35. The van der Waals surface area contributed by atoms with Gasteiger partial charge in [-0.3, -0.25) is 4.79 Å². The van der Waals surface area contributed by atoms with E-state index in [9.17, 15) is 4.79 Å². The van der Waals surface area contributed by atoms with Gasteiger partial charge in [-0.15, -0.1) is 12.4 Å². The van der Waals surface area contributed by atoms with Crippen LogP contribution in [0.2, 0.25) is 0 Å². The highest BCUT2D eigenvalue weighted by molar-refractivity contribution is 9.10. The van der Waals surface area contributed by atoms with Crippen molar-refractivity contribution in [1.29, 1.82) is 0 Å². The highest BCUT2D eigenvalue weighted by Crippen LogP contribution is 2.44. The molecular weight excluding hydrogens is 352 g/mol. The molecule has 2 aliphatic carbocycles. The first-order chi connectivity index (χ1) is 9.48. The number of rotatable bonds is 5. The molecule has 0 bridgehead atoms. The summed E-state index contributed by atoms with van der Waals surface area (Å²) >= 11 is 3.40. The molecule has 116 valence electrons. The van der Waals surface area contributed by atoms with E-state index in [1.807, 2.05) is 24.3 Å². The van der Waals surface area contributed by atoms with Gasteiger partial charge in [0.05, 0.1) is 0 Å². The number of nitrogens with two attached hydrogens (primary N) is 1. The molecular formula is C16H22BrClN2O. The molecule has 1 aromatic carbocycles. The zero-order valence-corrected chi connectivity index (χ0v) is 14.5. The van der Waals surface area contributed by atoms with Gasteiger partial charge in [0, 0.05) is 10.5 Å². The average molecular weight is 374 g/mol. The molecule has 1 unspecified atom stereocenters. The lowest BCUT2D eigenvalue weighted by Crippen LogP contribution is -2.53. The molecule has 2 saturated carbocycles. The summed E-state index contributed by atoms with van der Waals surface area (Å²) in [6, 6.07) is 8.01. The van der Waals surface area contributed by atoms with E-state index in [0.717, 1.165) is 10.0 Å². The van der Waals surface area contributed by atoms with E-state index in [4.69, 9.17) is 5.73 Å². The van der Waals surface area contributed by atoms with Gasteiger partial charge in [-0.05, 0) is 62.1 Å². The molecule has 0 spiro atoms. The summed E-state index contributed by atoms with van der Waals surface area (Å²) in [5.41, 5.74) is 6.17. The van der Waals surface area contributed by atoms with E-state index in [2.05, 4.69) is 21.2 Å². The van der Waals surface area contributed by atoms with Gasteiger partial charge in [0.15, 0.2) is 0 Å². The predicted molar refractivity (Wildman–Crippen MR) is 90.3 cm³/mol. The van der Waals surface area contributed by atoms with Crippen LogP contribution >= 0.6 is 28.3 Å². The summed E-state index contributed by atoms with van der Waals surface area (Å²) in [6.07, 6.45) is 5.00. The molecule has 0 saturated heterocycles. The van der Waals surface area contributed by atoms with Crippen LogP contribution in [-0.2, 0) is 10.3 Å². The molecule has 0 aliphatic heterocycles. The smallest absolute Gasteiger partial charge is 0.244 e. The second-order valence-electron chi connectivity index (χ2n) is 6.38. The lowest BCUT2D eigenvalue weighted by Gasteiger charge is -2.28. The first-order valence-electron chi connectivity index (χ1n) is 7.34. The first kappa shape index (κ1) is 16.8. The number of nitrogens with one attached hydrogen (secondary N) is 1. The Morgan fingerprint density at radius 2 is 1.71 bits per heavy atom. The highest BCUT2D eigenvalue weighted by Gasteiger charge is 2.44. The zero-order chi connectivity index (χ0) is 14.3. The maximum absolute atomic E-state index is 12.6. The van der Waals surface area contributed by atoms with Gasteiger partial charge in [0.25, 0.3) is 0 Å². The monoisotopic (exact) mass is 372 g/mol. The number of benzene rings is 1. The van der Waals surface area contributed by atoms with Gasteiger partial charge in [0.2, 0.25) is 5.91 Å². The van der Waals surface area contributed by atoms with Crippen LogP contribution in [0.1, 0.15) is 38.2 Å². The minimum absolute atomic E-state index is 0. The lowest BCUT2D eigenvalue weighted by molar-refractivity contribution is -0.127. The van der Waals surface area contributed by atoms with E-state index >= 15 is 0 Å². The first-order valence-corrected chi connectivity index (χ1v) is 8.13. The van der Waals surface area contributed by atoms with E-state index < -0.39 is 5.54 Å². The van der Waals surface area contributed by atoms with E-state index in [1.165, 1.54) is 25.7 Å². The Labute approximate surface area is 140 Å². The fraction of sp³-hybridized carbons (Fsp3) is 0.562. The number of amides is 1. The van der Waals surface area contributed by atoms with Crippen LogP contribution in [0, 0.1) is 11.8 Å². The quantitative estimate of drug-likeness (QED) is 0.831. The largest absolute Gasteiger partial charge is 0.351 e. The van der Waals surface area contributed by atoms with E-state index in [-0.39, 0.29) is 18.3 Å². The second-order valence-corrected chi connectivity index (χ2v) is 7.30. The summed E-state index contributed by atoms with van der Waals surface area (Å²) in [7, 11) is 0. The minimum Gasteiger partial charge on any atom is -0.351 e. The normalized spacial score (nSPS) is 20.6. The molecule has 21 heavy (non-hydrogen) atoms. The third kappa shape index (κ3) is 3.79. The van der Waals surface area contributed by atoms with Crippen LogP contribution in [0.4, 0.5) is 0 Å². The van der Waals surface area contributed by atoms with Crippen LogP contribution in [0.3, 0.4) is 0 Å². The standard InChI is InChI=1S/C16H21BrN2O.ClH/c1-16(18,12-6-8-13(17)9-7-12)15(20)19-14(10-2-3-10)11-4-5-11;/h6-11,14H,2-5,18H2,1H3,(H,19,20);1H. The Kier molecular flexibility index (Phi) is 5.01. The van der Waals surface area contributed by atoms with Crippen LogP contribution in [-0.4, -0.2) is 11.9 Å². The van der Waals surface area contributed by atoms with Crippen molar-refractivity contribution in [3.63, 3.8) is 0 Å². The van der Waals surface area contributed by atoms with Crippen molar-refractivity contribution >= 4 is 34.2 Å². The van der Waals surface area contributed by atoms with Gasteiger partial charge < -0.3 is 11.1 Å². The van der Waals surface area contributed by atoms with Gasteiger partial charge in [-0.2, -0.15) is 0 Å². The van der Waals surface area contributed by atoms with E-state index in [0.29, 0.717) is 17.9 Å². The average Bonchev–Trinajstić information content (AvgIpc) is 3.28. The minimum atomic E-state index is -0.970. The van der Waals surface area contributed by atoms with Crippen LogP contribution in [0.15, 0.2) is 28.7 Å². The Morgan fingerprint density at radius 3 is 2.14 bits per heavy atom. The number of halogens is 2. The van der Waals surface area contributed by atoms with Crippen molar-refractivity contribution in [2.45, 2.75) is 44.2 Å². The maximum Gasteiger partial charge on any atom is 0.244 e. The number of carbonyl (C=O) groups is 1. The SMILES string of the molecule is CC(N)(C(=O)NC(C1CC1)C1CC1)c1ccc(Br)cc1.Cl. The van der Waals surface area contributed by atoms with Crippen molar-refractivity contribution in [2.24, 2.45) is 17.6 Å². The number of hydrogen-bond acceptors (Lipinski definition) is 2. The molecule has 0 heterocycles. The van der Waals surface area contributed by atoms with Crippen LogP contribution < -0.4 is 11.1 Å². The zero-order valence-electron chi connectivity index (χ0n) is 12.1. The van der Waals surface area contributed by atoms with Crippen LogP contribution in [0.5, 0.6) is 0 Å². The Bertz CT molecular complexity index is 498. The molecule has 3 rings (SSSR count). The molecule has 1 aromatic rings. The molecule has 0 radical (unpaired) electrons. The van der Waals surface area contributed by atoms with Crippen molar-refractivity contribution in [1.82, 2.24) is 5.32 Å². The summed E-state index contributed by atoms with van der Waals surface area (Å²) < 4.78 is 0.992. The summed E-state index contributed by atoms with van der Waals surface area (Å²) in [4.78, 5) is 12.6. The summed E-state index contributed by atoms with van der Waals surface area (Å²) in [6.45, 7) is 1.79. The Balaban J connectivity index is 0.00000161. The van der Waals surface area contributed by atoms with Crippen molar-refractivity contribution in [2.75, 3.05) is 0 Å². The Hall–Kier alpha value is -0.580. The van der Waals surface area contributed by atoms with Crippen LogP contribution in [0.25, 0.3) is 0 Å². The van der Waals surface area contributed by atoms with Gasteiger partial charge in [-0.1, -0.05) is 28.1 Å². The van der Waals surface area contributed by atoms with Crippen molar-refractivity contribution < 1.29 is 4.79 Å². The van der Waals surface area contributed by atoms with Crippen molar-refractivity contribution in [3.8, 4) is 0 Å². The third-order valence-corrected chi connectivity index (χ3v) is 5.00. The van der Waals surface area contributed by atoms with Gasteiger partial charge in [-0.25, -0.2) is 0 Å². The van der Waals surface area contributed by atoms with Gasteiger partial charge >= 0.3 is 0 Å². The molecule has 1 amide bonds. The summed E-state index contributed by atoms with van der Waals surface area (Å²) in [5, 5.41) is 3.22. The lowest BCUT2D eigenvalue weighted by atomic mass is 9.91. The third-order valence-electron chi connectivity index (χ3n) is 4.47. The number of hydrogen-bond donors (Lipinski definition) is 2. The fourth-order valence-corrected chi connectivity index (χ4v) is 3.02. The van der Waals surface area contributed by atoms with Gasteiger partial charge in [0.1, 0.15) is 5.54 Å². The van der Waals surface area contributed by atoms with E-state index in [1.54, 1.807) is 6.92 Å². The fourth-order valence-electron chi connectivity index (χ4n) is 2.76. The molecule has 5 heteroatoms. The molecule has 3 N–H and O–H groups in total. The summed E-state index contributed by atoms with van der Waals surface area (Å²) in [5.74, 6) is 1.32. The molecule has 0 aromatic heterocycles. The molecule has 3 nitrogen and oxygen atoms in total. The molecule has 2 aliphatic rings. The molecule has 2 fully saturated rings. The second kappa shape index (κ2) is 6.27. The Morgan fingerprint density at radius 1 is 1.24 bits per heavy atom. The molecule has 1 atom stereocenters. The van der Waals surface area contributed by atoms with Crippen molar-refractivity contribution in [3.05, 3.63) is 34.3 Å². The topological polar surface area (TPSA) is 55.1 Å². The maximum atomic E-state index is 12.6.